The van der Waals surface area contributed by atoms with Gasteiger partial charge in [-0.2, -0.15) is 0 Å². The molecule has 30 heavy (non-hydrogen) atoms. The van der Waals surface area contributed by atoms with Crippen LogP contribution in [0.5, 0.6) is 5.75 Å². The van der Waals surface area contributed by atoms with Crippen LogP contribution in [0.25, 0.3) is 10.8 Å². The van der Waals surface area contributed by atoms with E-state index in [4.69, 9.17) is 4.74 Å². The fourth-order valence-corrected chi connectivity index (χ4v) is 4.39. The Balaban J connectivity index is 1.42. The predicted molar refractivity (Wildman–Crippen MR) is 121 cm³/mol. The van der Waals surface area contributed by atoms with Crippen molar-refractivity contribution < 1.29 is 9.84 Å². The zero-order chi connectivity index (χ0) is 20.8. The molecule has 1 aliphatic rings. The van der Waals surface area contributed by atoms with Crippen LogP contribution in [-0.4, -0.2) is 58.8 Å². The maximum absolute atomic E-state index is 9.65. The molecule has 1 saturated heterocycles. The van der Waals surface area contributed by atoms with Crippen molar-refractivity contribution in [2.75, 3.05) is 32.8 Å². The summed E-state index contributed by atoms with van der Waals surface area (Å²) in [7, 11) is 0. The van der Waals surface area contributed by atoms with Crippen molar-refractivity contribution in [3.63, 3.8) is 0 Å². The lowest BCUT2D eigenvalue weighted by Gasteiger charge is -2.41. The number of hydrogen-bond acceptors (Lipinski definition) is 5. The van der Waals surface area contributed by atoms with Gasteiger partial charge >= 0.3 is 0 Å². The Hall–Kier alpha value is -2.47. The molecule has 1 atom stereocenters. The molecule has 1 fully saturated rings. The zero-order valence-electron chi connectivity index (χ0n) is 17.7. The Kier molecular flexibility index (Phi) is 6.95. The third-order valence-corrected chi connectivity index (χ3v) is 5.94. The highest BCUT2D eigenvalue weighted by atomic mass is 16.5. The topological polar surface area (TPSA) is 48.8 Å². The number of benzene rings is 2. The number of ether oxygens (including phenoxy) is 1. The maximum atomic E-state index is 9.65. The molecule has 0 amide bonds. The van der Waals surface area contributed by atoms with Gasteiger partial charge in [-0.25, -0.2) is 0 Å². The Morgan fingerprint density at radius 3 is 2.73 bits per heavy atom. The number of piperazine rings is 1. The molecule has 5 nitrogen and oxygen atoms in total. The number of aromatic nitrogens is 1. The van der Waals surface area contributed by atoms with E-state index in [2.05, 4.69) is 51.2 Å². The average Bonchev–Trinajstić information content (AvgIpc) is 2.77. The normalized spacial score (nSPS) is 18.0. The summed E-state index contributed by atoms with van der Waals surface area (Å²) in [6.45, 7) is 7.75. The van der Waals surface area contributed by atoms with Crippen molar-refractivity contribution in [2.45, 2.75) is 32.5 Å². The number of pyridine rings is 1. The molecule has 0 aliphatic carbocycles. The van der Waals surface area contributed by atoms with Crippen molar-refractivity contribution >= 4 is 10.8 Å². The van der Waals surface area contributed by atoms with Gasteiger partial charge in [-0.15, -0.1) is 0 Å². The molecular formula is C25H31N3O2. The van der Waals surface area contributed by atoms with Crippen molar-refractivity contribution in [3.05, 3.63) is 72.1 Å². The summed E-state index contributed by atoms with van der Waals surface area (Å²) in [6, 6.07) is 17.3. The number of rotatable bonds is 8. The highest BCUT2D eigenvalue weighted by molar-refractivity contribution is 5.84. The second kappa shape index (κ2) is 10.0. The molecule has 4 rings (SSSR count). The number of aliphatic hydroxyl groups is 1. The van der Waals surface area contributed by atoms with Gasteiger partial charge in [0.15, 0.2) is 0 Å². The summed E-state index contributed by atoms with van der Waals surface area (Å²) in [6.07, 6.45) is 4.60. The molecule has 0 radical (unpaired) electrons. The molecule has 0 spiro atoms. The molecule has 5 heteroatoms. The van der Waals surface area contributed by atoms with Crippen LogP contribution in [0.1, 0.15) is 24.5 Å². The quantitative estimate of drug-likeness (QED) is 0.619. The molecular weight excluding hydrogens is 374 g/mol. The van der Waals surface area contributed by atoms with E-state index in [-0.39, 0.29) is 6.61 Å². The minimum Gasteiger partial charge on any atom is -0.494 e. The van der Waals surface area contributed by atoms with E-state index < -0.39 is 0 Å². The summed E-state index contributed by atoms with van der Waals surface area (Å²) in [5, 5.41) is 12.1. The fraction of sp³-hybridized carbons (Fsp3) is 0.400. The lowest BCUT2D eigenvalue weighted by molar-refractivity contribution is 0.0501. The first-order chi connectivity index (χ1) is 14.8. The zero-order valence-corrected chi connectivity index (χ0v) is 17.7. The Labute approximate surface area is 178 Å². The van der Waals surface area contributed by atoms with Crippen LogP contribution < -0.4 is 4.74 Å². The molecule has 0 bridgehead atoms. The SMILES string of the molecule is CCOc1ccc(CN2CCN(Cc3cccc4cnccc34)C[C@H]2CCO)cc1. The van der Waals surface area contributed by atoms with E-state index in [1.165, 1.54) is 21.9 Å². The molecule has 1 aromatic heterocycles. The molecule has 0 saturated carbocycles. The van der Waals surface area contributed by atoms with E-state index in [0.717, 1.165) is 44.9 Å². The Bertz CT molecular complexity index is 939. The predicted octanol–water partition coefficient (Wildman–Crippen LogP) is 3.70. The van der Waals surface area contributed by atoms with Gasteiger partial charge in [0.25, 0.3) is 0 Å². The van der Waals surface area contributed by atoms with Crippen LogP contribution in [0.3, 0.4) is 0 Å². The van der Waals surface area contributed by atoms with Crippen molar-refractivity contribution in [1.29, 1.82) is 0 Å². The third-order valence-electron chi connectivity index (χ3n) is 5.94. The van der Waals surface area contributed by atoms with E-state index in [1.54, 1.807) is 0 Å². The summed E-state index contributed by atoms with van der Waals surface area (Å²) < 4.78 is 5.55. The fourth-order valence-electron chi connectivity index (χ4n) is 4.39. The van der Waals surface area contributed by atoms with Gasteiger partial charge in [0.1, 0.15) is 5.75 Å². The standard InChI is InChI=1S/C25H31N3O2/c1-2-30-24-8-6-20(7-9-24)17-28-14-13-27(19-23(28)11-15-29)18-22-5-3-4-21-16-26-12-10-25(21)22/h3-10,12,16,23,29H,2,11,13-15,17-19H2,1H3/t23-/m1/s1. The first-order valence-corrected chi connectivity index (χ1v) is 10.9. The number of fused-ring (bicyclic) bond motifs is 1. The molecule has 158 valence electrons. The van der Waals surface area contributed by atoms with Crippen molar-refractivity contribution in [1.82, 2.24) is 14.8 Å². The van der Waals surface area contributed by atoms with Crippen LogP contribution in [-0.2, 0) is 13.1 Å². The summed E-state index contributed by atoms with van der Waals surface area (Å²) in [5.74, 6) is 0.920. The minimum atomic E-state index is 0.220. The van der Waals surface area contributed by atoms with Crippen molar-refractivity contribution in [3.8, 4) is 5.75 Å². The first kappa shape index (κ1) is 20.8. The van der Waals surface area contributed by atoms with E-state index in [0.29, 0.717) is 12.6 Å². The summed E-state index contributed by atoms with van der Waals surface area (Å²) in [5.41, 5.74) is 2.63. The van der Waals surface area contributed by atoms with E-state index in [9.17, 15) is 5.11 Å². The first-order valence-electron chi connectivity index (χ1n) is 10.9. The summed E-state index contributed by atoms with van der Waals surface area (Å²) in [4.78, 5) is 9.27. The van der Waals surface area contributed by atoms with Gasteiger partial charge in [-0.3, -0.25) is 14.8 Å². The summed E-state index contributed by atoms with van der Waals surface area (Å²) >= 11 is 0. The maximum Gasteiger partial charge on any atom is 0.119 e. The smallest absolute Gasteiger partial charge is 0.119 e. The monoisotopic (exact) mass is 405 g/mol. The van der Waals surface area contributed by atoms with Gasteiger partial charge in [0.2, 0.25) is 0 Å². The van der Waals surface area contributed by atoms with Gasteiger partial charge in [-0.1, -0.05) is 30.3 Å². The van der Waals surface area contributed by atoms with Crippen LogP contribution in [0, 0.1) is 0 Å². The second-order valence-corrected chi connectivity index (χ2v) is 7.96. The largest absolute Gasteiger partial charge is 0.494 e. The number of nitrogens with zero attached hydrogens (tertiary/aromatic N) is 3. The second-order valence-electron chi connectivity index (χ2n) is 7.96. The lowest BCUT2D eigenvalue weighted by atomic mass is 10.0. The Morgan fingerprint density at radius 2 is 1.93 bits per heavy atom. The van der Waals surface area contributed by atoms with Gasteiger partial charge < -0.3 is 9.84 Å². The van der Waals surface area contributed by atoms with Crippen LogP contribution in [0.4, 0.5) is 0 Å². The van der Waals surface area contributed by atoms with Crippen LogP contribution >= 0.6 is 0 Å². The molecule has 2 heterocycles. The third kappa shape index (κ3) is 4.98. The lowest BCUT2D eigenvalue weighted by Crippen LogP contribution is -2.52. The molecule has 1 aliphatic heterocycles. The number of hydrogen-bond donors (Lipinski definition) is 1. The average molecular weight is 406 g/mol. The van der Waals surface area contributed by atoms with Crippen molar-refractivity contribution in [2.24, 2.45) is 0 Å². The molecule has 1 N–H and O–H groups in total. The van der Waals surface area contributed by atoms with Crippen LogP contribution in [0.2, 0.25) is 0 Å². The molecule has 0 unspecified atom stereocenters. The molecule has 2 aromatic carbocycles. The van der Waals surface area contributed by atoms with E-state index >= 15 is 0 Å². The highest BCUT2D eigenvalue weighted by Crippen LogP contribution is 2.23. The number of aliphatic hydroxyl groups excluding tert-OH is 1. The van der Waals surface area contributed by atoms with Gasteiger partial charge in [0, 0.05) is 63.2 Å². The minimum absolute atomic E-state index is 0.220. The van der Waals surface area contributed by atoms with Crippen LogP contribution in [0.15, 0.2) is 60.9 Å². The van der Waals surface area contributed by atoms with E-state index in [1.807, 2.05) is 31.5 Å². The van der Waals surface area contributed by atoms with Gasteiger partial charge in [-0.05, 0) is 48.1 Å². The molecule has 3 aromatic rings. The highest BCUT2D eigenvalue weighted by Gasteiger charge is 2.27. The van der Waals surface area contributed by atoms with Gasteiger partial charge in [0.05, 0.1) is 6.61 Å². The Morgan fingerprint density at radius 1 is 1.07 bits per heavy atom.